The molecule has 1 aliphatic rings. The maximum absolute atomic E-state index is 13.3. The summed E-state index contributed by atoms with van der Waals surface area (Å²) in [7, 11) is -3.04. The van der Waals surface area contributed by atoms with Gasteiger partial charge < -0.3 is 9.67 Å². The quantitative estimate of drug-likeness (QED) is 0.298. The predicted molar refractivity (Wildman–Crippen MR) is 138 cm³/mol. The lowest BCUT2D eigenvalue weighted by Gasteiger charge is -2.28. The molecule has 1 fully saturated rings. The van der Waals surface area contributed by atoms with Gasteiger partial charge in [0.1, 0.15) is 11.6 Å². The number of aromatic nitrogens is 2. The average Bonchev–Trinajstić information content (AvgIpc) is 3.18. The van der Waals surface area contributed by atoms with E-state index in [4.69, 9.17) is 0 Å². The first-order valence-electron chi connectivity index (χ1n) is 11.6. The molecule has 12 heteroatoms. The van der Waals surface area contributed by atoms with E-state index in [2.05, 4.69) is 0 Å². The number of rotatable bonds is 6. The molecule has 3 heterocycles. The van der Waals surface area contributed by atoms with Gasteiger partial charge in [-0.15, -0.1) is 0 Å². The van der Waals surface area contributed by atoms with Crippen LogP contribution in [0.2, 0.25) is 0 Å². The summed E-state index contributed by atoms with van der Waals surface area (Å²) in [4.78, 5) is 25.8. The summed E-state index contributed by atoms with van der Waals surface area (Å²) in [5, 5.41) is 32.5. The predicted octanol–water partition coefficient (Wildman–Crippen LogP) is 1.82. The van der Waals surface area contributed by atoms with Crippen LogP contribution < -0.4 is 5.56 Å². The van der Waals surface area contributed by atoms with Crippen molar-refractivity contribution in [3.63, 3.8) is 0 Å². The first-order valence-corrected chi connectivity index (χ1v) is 13.4. The summed E-state index contributed by atoms with van der Waals surface area (Å²) < 4.78 is 26.7. The summed E-state index contributed by atoms with van der Waals surface area (Å²) in [6.07, 6.45) is -0.843. The van der Waals surface area contributed by atoms with Crippen LogP contribution in [-0.4, -0.2) is 69.7 Å². The molecule has 5 rings (SSSR count). The molecular formula is C25H23N5O6S. The number of hydrogen-bond acceptors (Lipinski definition) is 8. The van der Waals surface area contributed by atoms with Gasteiger partial charge in [-0.1, -0.05) is 18.2 Å². The number of β-amino-alcohol motifs (C(OH)–C–C–N with tert-alkyl or cyclic N) is 1. The van der Waals surface area contributed by atoms with Gasteiger partial charge in [-0.25, -0.2) is 8.42 Å². The number of nitro groups is 1. The van der Waals surface area contributed by atoms with Crippen LogP contribution in [0.1, 0.15) is 5.56 Å². The molecule has 0 aliphatic carbocycles. The maximum atomic E-state index is 13.3. The second kappa shape index (κ2) is 9.44. The Hall–Kier alpha value is -4.05. The first-order chi connectivity index (χ1) is 17.7. The fourth-order valence-electron chi connectivity index (χ4n) is 4.85. The molecule has 0 radical (unpaired) electrons. The Morgan fingerprint density at radius 2 is 1.73 bits per heavy atom. The van der Waals surface area contributed by atoms with E-state index in [9.17, 15) is 33.7 Å². The van der Waals surface area contributed by atoms with Crippen molar-refractivity contribution < 1.29 is 18.4 Å². The number of nitro benzene ring substituents is 1. The van der Waals surface area contributed by atoms with E-state index in [0.717, 1.165) is 5.52 Å². The highest BCUT2D eigenvalue weighted by Gasteiger charge is 2.25. The zero-order valence-electron chi connectivity index (χ0n) is 19.6. The number of fused-ring (bicyclic) bond motifs is 3. The third-order valence-electron chi connectivity index (χ3n) is 6.66. The lowest BCUT2D eigenvalue weighted by molar-refractivity contribution is -0.384. The van der Waals surface area contributed by atoms with Crippen molar-refractivity contribution in [1.29, 1.82) is 5.26 Å². The second-order valence-corrected chi connectivity index (χ2v) is 11.4. The highest BCUT2D eigenvalue weighted by atomic mass is 32.2. The fraction of sp³-hybridized carbons (Fsp3) is 0.280. The van der Waals surface area contributed by atoms with Crippen LogP contribution in [0.4, 0.5) is 5.69 Å². The number of aliphatic hydroxyl groups is 1. The molecule has 37 heavy (non-hydrogen) atoms. The van der Waals surface area contributed by atoms with Crippen LogP contribution in [0, 0.1) is 21.4 Å². The van der Waals surface area contributed by atoms with Crippen molar-refractivity contribution in [3.05, 3.63) is 80.6 Å². The summed E-state index contributed by atoms with van der Waals surface area (Å²) in [5.41, 5.74) is 1.40. The number of nitriles is 1. The number of pyridine rings is 1. The maximum Gasteiger partial charge on any atom is 0.273 e. The molecule has 0 spiro atoms. The number of non-ortho nitro benzene ring substituents is 1. The van der Waals surface area contributed by atoms with Crippen molar-refractivity contribution in [2.75, 3.05) is 31.1 Å². The molecule has 0 bridgehead atoms. The van der Waals surface area contributed by atoms with E-state index in [1.807, 2.05) is 39.8 Å². The SMILES string of the molecule is N#Cc1cc2c(c3ccccc3n2CC(O)CN2CCS(=O)(=O)CC2)n(-c2ccc([N+](=O)[O-])cc2)c1=O. The van der Waals surface area contributed by atoms with Gasteiger partial charge >= 0.3 is 0 Å². The number of aliphatic hydroxyl groups excluding tert-OH is 1. The Labute approximate surface area is 211 Å². The fourth-order valence-corrected chi connectivity index (χ4v) is 6.13. The van der Waals surface area contributed by atoms with Crippen LogP contribution in [0.5, 0.6) is 0 Å². The summed E-state index contributed by atoms with van der Waals surface area (Å²) in [6, 6.07) is 16.3. The van der Waals surface area contributed by atoms with Crippen LogP contribution in [0.15, 0.2) is 59.4 Å². The van der Waals surface area contributed by atoms with Crippen LogP contribution in [-0.2, 0) is 16.4 Å². The third kappa shape index (κ3) is 4.60. The smallest absolute Gasteiger partial charge is 0.273 e. The molecule has 2 aromatic heterocycles. The molecule has 1 unspecified atom stereocenters. The highest BCUT2D eigenvalue weighted by Crippen LogP contribution is 2.31. The molecular weight excluding hydrogens is 498 g/mol. The van der Waals surface area contributed by atoms with E-state index in [1.165, 1.54) is 34.9 Å². The highest BCUT2D eigenvalue weighted by molar-refractivity contribution is 7.91. The van der Waals surface area contributed by atoms with Crippen LogP contribution in [0.25, 0.3) is 27.6 Å². The number of sulfone groups is 1. The van der Waals surface area contributed by atoms with Crippen molar-refractivity contribution in [1.82, 2.24) is 14.0 Å². The minimum Gasteiger partial charge on any atom is -0.390 e. The van der Waals surface area contributed by atoms with Crippen molar-refractivity contribution >= 4 is 37.5 Å². The Morgan fingerprint density at radius 3 is 2.38 bits per heavy atom. The lowest BCUT2D eigenvalue weighted by Crippen LogP contribution is -2.44. The van der Waals surface area contributed by atoms with E-state index < -0.39 is 26.4 Å². The van der Waals surface area contributed by atoms with Crippen LogP contribution >= 0.6 is 0 Å². The Bertz CT molecular complexity index is 1720. The molecule has 2 aromatic carbocycles. The Kier molecular flexibility index (Phi) is 6.28. The average molecular weight is 522 g/mol. The van der Waals surface area contributed by atoms with Gasteiger partial charge in [0.2, 0.25) is 0 Å². The standard InChI is InChI=1S/C25H23N5O6S/c26-14-17-13-23-24(29(25(17)32)18-5-7-19(8-6-18)30(33)34)21-3-1-2-4-22(21)28(23)16-20(31)15-27-9-11-37(35,36)12-10-27/h1-8,13,20,31H,9-12,15-16H2. The Balaban J connectivity index is 1.63. The van der Waals surface area contributed by atoms with Crippen LogP contribution in [0.3, 0.4) is 0 Å². The molecule has 0 saturated carbocycles. The van der Waals surface area contributed by atoms with E-state index in [0.29, 0.717) is 35.2 Å². The van der Waals surface area contributed by atoms with Gasteiger partial charge in [0, 0.05) is 42.8 Å². The van der Waals surface area contributed by atoms with E-state index in [-0.39, 0.29) is 35.8 Å². The summed E-state index contributed by atoms with van der Waals surface area (Å²) in [6.45, 7) is 1.13. The number of nitrogens with zero attached hydrogens (tertiary/aromatic N) is 5. The monoisotopic (exact) mass is 521 g/mol. The van der Waals surface area contributed by atoms with Crippen molar-refractivity contribution in [3.8, 4) is 11.8 Å². The third-order valence-corrected chi connectivity index (χ3v) is 8.27. The van der Waals surface area contributed by atoms with Crippen molar-refractivity contribution in [2.24, 2.45) is 0 Å². The minimum atomic E-state index is -3.04. The molecule has 1 atom stereocenters. The molecule has 4 aromatic rings. The largest absolute Gasteiger partial charge is 0.390 e. The molecule has 1 saturated heterocycles. The zero-order chi connectivity index (χ0) is 26.3. The molecule has 0 amide bonds. The van der Waals surface area contributed by atoms with Gasteiger partial charge in [0.15, 0.2) is 9.84 Å². The Morgan fingerprint density at radius 1 is 1.05 bits per heavy atom. The summed E-state index contributed by atoms with van der Waals surface area (Å²) >= 11 is 0. The van der Waals surface area contributed by atoms with E-state index >= 15 is 0 Å². The molecule has 11 nitrogen and oxygen atoms in total. The second-order valence-electron chi connectivity index (χ2n) is 9.05. The topological polar surface area (TPSA) is 151 Å². The summed E-state index contributed by atoms with van der Waals surface area (Å²) in [5.74, 6) is 0.115. The number of para-hydroxylation sites is 1. The van der Waals surface area contributed by atoms with Crippen molar-refractivity contribution in [2.45, 2.75) is 12.6 Å². The van der Waals surface area contributed by atoms with Gasteiger partial charge in [0.25, 0.3) is 11.2 Å². The van der Waals surface area contributed by atoms with Gasteiger partial charge in [-0.2, -0.15) is 5.26 Å². The molecule has 190 valence electrons. The van der Waals surface area contributed by atoms with E-state index in [1.54, 1.807) is 0 Å². The normalized spacial score (nSPS) is 16.5. The molecule has 1 N–H and O–H groups in total. The first kappa shape index (κ1) is 24.6. The molecule has 1 aliphatic heterocycles. The number of hydrogen-bond donors (Lipinski definition) is 1. The number of benzene rings is 2. The zero-order valence-corrected chi connectivity index (χ0v) is 20.5. The minimum absolute atomic E-state index is 0.0577. The van der Waals surface area contributed by atoms with Gasteiger partial charge in [0.05, 0.1) is 45.6 Å². The lowest BCUT2D eigenvalue weighted by atomic mass is 10.2. The van der Waals surface area contributed by atoms with Gasteiger partial charge in [-0.05, 0) is 24.3 Å². The van der Waals surface area contributed by atoms with Gasteiger partial charge in [-0.3, -0.25) is 24.4 Å².